The van der Waals surface area contributed by atoms with Gasteiger partial charge in [0.15, 0.2) is 0 Å². The summed E-state index contributed by atoms with van der Waals surface area (Å²) in [5, 5.41) is 6.16. The highest BCUT2D eigenvalue weighted by Crippen LogP contribution is 2.18. The largest absolute Gasteiger partial charge is 0.356 e. The Morgan fingerprint density at radius 1 is 1.29 bits per heavy atom. The highest BCUT2D eigenvalue weighted by molar-refractivity contribution is 7.91. The summed E-state index contributed by atoms with van der Waals surface area (Å²) in [7, 11) is -4.59. The fourth-order valence-electron chi connectivity index (χ4n) is 2.73. The van der Waals surface area contributed by atoms with Crippen molar-refractivity contribution in [2.45, 2.75) is 36.3 Å². The van der Waals surface area contributed by atoms with E-state index in [0.29, 0.717) is 18.0 Å². The number of carbonyl (C=O) groups excluding carboxylic acids is 1. The van der Waals surface area contributed by atoms with Gasteiger partial charge in [-0.05, 0) is 56.0 Å². The quantitative estimate of drug-likeness (QED) is 0.777. The molecule has 2 rings (SSSR count). The number of carbonyl (C=O) groups is 1. The van der Waals surface area contributed by atoms with Gasteiger partial charge in [0.25, 0.3) is 0 Å². The molecule has 1 aromatic carbocycles. The minimum absolute atomic E-state index is 0.0952. The minimum atomic E-state index is -4.59. The third-order valence-corrected chi connectivity index (χ3v) is 5.52. The zero-order valence-corrected chi connectivity index (χ0v) is 14.1. The summed E-state index contributed by atoms with van der Waals surface area (Å²) >= 11 is 0. The number of piperidine rings is 1. The molecule has 1 aromatic rings. The zero-order chi connectivity index (χ0) is 17.6. The van der Waals surface area contributed by atoms with Crippen LogP contribution in [0.15, 0.2) is 29.2 Å². The third-order valence-electron chi connectivity index (χ3n) is 4.12. The van der Waals surface area contributed by atoms with Crippen LogP contribution in [0.25, 0.3) is 0 Å². The fourth-order valence-corrected chi connectivity index (χ4v) is 3.46. The Bertz CT molecular complexity index is 642. The van der Waals surface area contributed by atoms with Crippen molar-refractivity contribution in [2.75, 3.05) is 19.6 Å². The number of sulfone groups is 1. The van der Waals surface area contributed by atoms with E-state index in [1.807, 2.05) is 0 Å². The summed E-state index contributed by atoms with van der Waals surface area (Å²) in [6, 6.07) is 5.00. The lowest BCUT2D eigenvalue weighted by Gasteiger charge is -2.22. The van der Waals surface area contributed by atoms with Crippen LogP contribution in [0.2, 0.25) is 0 Å². The molecule has 1 fully saturated rings. The van der Waals surface area contributed by atoms with E-state index in [1.165, 1.54) is 18.6 Å². The molecule has 1 aliphatic rings. The molecule has 0 spiro atoms. The third kappa shape index (κ3) is 5.24. The Morgan fingerprint density at radius 2 is 2.00 bits per heavy atom. The van der Waals surface area contributed by atoms with E-state index in [0.717, 1.165) is 38.1 Å². The Kier molecular flexibility index (Phi) is 6.68. The number of benzene rings is 1. The molecule has 1 amide bonds. The normalized spacial score (nSPS) is 18.5. The van der Waals surface area contributed by atoms with Crippen molar-refractivity contribution in [1.82, 2.24) is 10.6 Å². The van der Waals surface area contributed by atoms with Gasteiger partial charge >= 0.3 is 5.76 Å². The van der Waals surface area contributed by atoms with Crippen LogP contribution in [0, 0.1) is 5.92 Å². The van der Waals surface area contributed by atoms with Gasteiger partial charge in [0.05, 0.1) is 11.3 Å². The number of nitrogens with one attached hydrogen (secondary N) is 2. The predicted molar refractivity (Wildman–Crippen MR) is 86.6 cm³/mol. The van der Waals surface area contributed by atoms with E-state index in [9.17, 15) is 22.0 Å². The van der Waals surface area contributed by atoms with E-state index in [1.54, 1.807) is 0 Å². The summed E-state index contributed by atoms with van der Waals surface area (Å²) in [6.45, 7) is 2.64. The molecule has 24 heavy (non-hydrogen) atoms. The second-order valence-corrected chi connectivity index (χ2v) is 7.90. The standard InChI is InChI=1S/C16H22F2N2O3S/c17-16(18)24(22,23)14-5-3-12(4-6-14)10-15(21)20-9-7-13-2-1-8-19-11-13/h3-6,13,16,19H,1-2,7-11H2,(H,20,21). The molecule has 0 saturated carbocycles. The van der Waals surface area contributed by atoms with Gasteiger partial charge in [0, 0.05) is 6.54 Å². The number of hydrogen-bond donors (Lipinski definition) is 2. The van der Waals surface area contributed by atoms with E-state index >= 15 is 0 Å². The smallest absolute Gasteiger partial charge is 0.341 e. The maximum Gasteiger partial charge on any atom is 0.341 e. The number of alkyl halides is 2. The van der Waals surface area contributed by atoms with Crippen molar-refractivity contribution in [1.29, 1.82) is 0 Å². The Labute approximate surface area is 140 Å². The molecule has 0 aromatic heterocycles. The van der Waals surface area contributed by atoms with Gasteiger partial charge < -0.3 is 10.6 Å². The van der Waals surface area contributed by atoms with Crippen molar-refractivity contribution < 1.29 is 22.0 Å². The monoisotopic (exact) mass is 360 g/mol. The lowest BCUT2D eigenvalue weighted by atomic mass is 9.96. The minimum Gasteiger partial charge on any atom is -0.356 e. The Morgan fingerprint density at radius 3 is 2.58 bits per heavy atom. The maximum absolute atomic E-state index is 12.4. The van der Waals surface area contributed by atoms with Crippen LogP contribution in [0.3, 0.4) is 0 Å². The molecule has 1 aliphatic heterocycles. The summed E-state index contributed by atoms with van der Waals surface area (Å²) in [4.78, 5) is 11.4. The van der Waals surface area contributed by atoms with Crippen LogP contribution in [0.4, 0.5) is 8.78 Å². The average Bonchev–Trinajstić information content (AvgIpc) is 2.56. The van der Waals surface area contributed by atoms with Gasteiger partial charge in [-0.2, -0.15) is 8.78 Å². The number of hydrogen-bond acceptors (Lipinski definition) is 4. The number of amides is 1. The molecule has 1 atom stereocenters. The second kappa shape index (κ2) is 8.53. The first kappa shape index (κ1) is 18.8. The molecule has 8 heteroatoms. The summed E-state index contributed by atoms with van der Waals surface area (Å²) < 4.78 is 47.5. The van der Waals surface area contributed by atoms with Crippen LogP contribution in [-0.4, -0.2) is 39.7 Å². The number of rotatable bonds is 7. The topological polar surface area (TPSA) is 75.3 Å². The van der Waals surface area contributed by atoms with E-state index in [2.05, 4.69) is 10.6 Å². The molecule has 1 heterocycles. The van der Waals surface area contributed by atoms with Crippen LogP contribution >= 0.6 is 0 Å². The molecule has 0 radical (unpaired) electrons. The van der Waals surface area contributed by atoms with Gasteiger partial charge in [-0.1, -0.05) is 12.1 Å². The molecule has 1 saturated heterocycles. The van der Waals surface area contributed by atoms with Gasteiger partial charge in [0.2, 0.25) is 15.7 Å². The number of halogens is 2. The van der Waals surface area contributed by atoms with Gasteiger partial charge in [-0.3, -0.25) is 4.79 Å². The zero-order valence-electron chi connectivity index (χ0n) is 13.3. The first-order chi connectivity index (χ1) is 11.4. The molecule has 0 bridgehead atoms. The van der Waals surface area contributed by atoms with Crippen molar-refractivity contribution in [3.63, 3.8) is 0 Å². The van der Waals surface area contributed by atoms with Crippen LogP contribution < -0.4 is 10.6 Å². The summed E-state index contributed by atoms with van der Waals surface area (Å²) in [6.07, 6.45) is 3.34. The maximum atomic E-state index is 12.4. The molecule has 5 nitrogen and oxygen atoms in total. The average molecular weight is 360 g/mol. The molecule has 134 valence electrons. The molecular weight excluding hydrogens is 338 g/mol. The van der Waals surface area contributed by atoms with Gasteiger partial charge in [-0.25, -0.2) is 8.42 Å². The summed E-state index contributed by atoms with van der Waals surface area (Å²) in [5.74, 6) is -3.03. The first-order valence-electron chi connectivity index (χ1n) is 7.98. The molecular formula is C16H22F2N2O3S. The SMILES string of the molecule is O=C(Cc1ccc(S(=O)(=O)C(F)F)cc1)NCCC1CCCNC1. The molecule has 2 N–H and O–H groups in total. The van der Waals surface area contributed by atoms with E-state index in [-0.39, 0.29) is 12.3 Å². The predicted octanol–water partition coefficient (Wildman–Crippen LogP) is 1.73. The lowest BCUT2D eigenvalue weighted by molar-refractivity contribution is -0.120. The molecule has 0 aliphatic carbocycles. The Balaban J connectivity index is 1.79. The fraction of sp³-hybridized carbons (Fsp3) is 0.562. The summed E-state index contributed by atoms with van der Waals surface area (Å²) in [5.41, 5.74) is 0.583. The lowest BCUT2D eigenvalue weighted by Crippen LogP contribution is -2.33. The van der Waals surface area contributed by atoms with E-state index < -0.39 is 20.5 Å². The van der Waals surface area contributed by atoms with Crippen LogP contribution in [-0.2, 0) is 21.1 Å². The Hall–Kier alpha value is -1.54. The molecule has 1 unspecified atom stereocenters. The van der Waals surface area contributed by atoms with Crippen molar-refractivity contribution >= 4 is 15.7 Å². The van der Waals surface area contributed by atoms with E-state index in [4.69, 9.17) is 0 Å². The van der Waals surface area contributed by atoms with Crippen LogP contribution in [0.1, 0.15) is 24.8 Å². The highest BCUT2D eigenvalue weighted by Gasteiger charge is 2.26. The highest BCUT2D eigenvalue weighted by atomic mass is 32.2. The second-order valence-electron chi connectivity index (χ2n) is 5.98. The van der Waals surface area contributed by atoms with Crippen molar-refractivity contribution in [2.24, 2.45) is 5.92 Å². The van der Waals surface area contributed by atoms with Crippen LogP contribution in [0.5, 0.6) is 0 Å². The van der Waals surface area contributed by atoms with Gasteiger partial charge in [-0.15, -0.1) is 0 Å². The first-order valence-corrected chi connectivity index (χ1v) is 9.52. The van der Waals surface area contributed by atoms with Crippen molar-refractivity contribution in [3.05, 3.63) is 29.8 Å². The van der Waals surface area contributed by atoms with Gasteiger partial charge in [0.1, 0.15) is 0 Å². The van der Waals surface area contributed by atoms with Crippen molar-refractivity contribution in [3.8, 4) is 0 Å².